The topological polar surface area (TPSA) is 103 Å². The summed E-state index contributed by atoms with van der Waals surface area (Å²) in [7, 11) is 1.39. The highest BCUT2D eigenvalue weighted by Gasteiger charge is 2.23. The van der Waals surface area contributed by atoms with Crippen molar-refractivity contribution in [3.8, 4) is 6.07 Å². The summed E-state index contributed by atoms with van der Waals surface area (Å²) in [5, 5.41) is 9.09. The number of halogens is 1. The number of nitriles is 1. The van der Waals surface area contributed by atoms with Crippen LogP contribution in [0.2, 0.25) is 0 Å². The normalized spacial score (nSPS) is 10.5. The number of rotatable bonds is 8. The van der Waals surface area contributed by atoms with Crippen LogP contribution in [0.3, 0.4) is 0 Å². The Bertz CT molecular complexity index is 1040. The minimum absolute atomic E-state index is 0.173. The number of oxazole rings is 1. The zero-order valence-electron chi connectivity index (χ0n) is 16.5. The Morgan fingerprint density at radius 2 is 1.93 bits per heavy atom. The Balaban J connectivity index is 2.00. The largest absolute Gasteiger partial charge is 0.428 e. The van der Waals surface area contributed by atoms with E-state index in [1.54, 1.807) is 12.1 Å². The second-order valence-corrected chi connectivity index (χ2v) is 7.17. The number of amides is 1. The molecule has 0 radical (unpaired) electrons. The Morgan fingerprint density at radius 3 is 2.53 bits per heavy atom. The van der Waals surface area contributed by atoms with E-state index in [0.29, 0.717) is 24.3 Å². The number of aryl methyl sites for hydroxylation is 1. The molecular weight excluding hydrogens is 450 g/mol. The number of benzene rings is 2. The number of hydrogen-bond acceptors (Lipinski definition) is 7. The third-order valence-electron chi connectivity index (χ3n) is 4.28. The van der Waals surface area contributed by atoms with Crippen molar-refractivity contribution in [1.82, 2.24) is 16.0 Å². The van der Waals surface area contributed by atoms with E-state index in [-0.39, 0.29) is 11.7 Å². The van der Waals surface area contributed by atoms with Crippen molar-refractivity contribution in [1.29, 1.82) is 5.26 Å². The predicted molar refractivity (Wildman–Crippen MR) is 115 cm³/mol. The smallest absolute Gasteiger partial charge is 0.303 e. The number of anilines is 2. The average Bonchev–Trinajstić information content (AvgIpc) is 3.21. The lowest BCUT2D eigenvalue weighted by Gasteiger charge is -2.21. The van der Waals surface area contributed by atoms with Gasteiger partial charge in [0.05, 0.1) is 25.3 Å². The first kappa shape index (κ1) is 21.5. The number of carbonyl (C=O) groups is 1. The molecule has 0 aliphatic heterocycles. The van der Waals surface area contributed by atoms with Gasteiger partial charge in [-0.15, -0.1) is 5.59 Å². The predicted octanol–water partition coefficient (Wildman–Crippen LogP) is 4.01. The van der Waals surface area contributed by atoms with Gasteiger partial charge in [-0.3, -0.25) is 20.0 Å². The molecule has 3 rings (SSSR count). The van der Waals surface area contributed by atoms with Crippen molar-refractivity contribution in [3.05, 3.63) is 75.6 Å². The maximum atomic E-state index is 12.4. The van der Waals surface area contributed by atoms with E-state index in [4.69, 9.17) is 9.68 Å². The highest BCUT2D eigenvalue weighted by atomic mass is 79.9. The molecular formula is C21H20BrN5O3. The van der Waals surface area contributed by atoms with Gasteiger partial charge in [0.15, 0.2) is 5.69 Å². The maximum Gasteiger partial charge on any atom is 0.303 e. The summed E-state index contributed by atoms with van der Waals surface area (Å²) in [6, 6.07) is 17.4. The third-order valence-corrected chi connectivity index (χ3v) is 4.81. The molecule has 0 bridgehead atoms. The monoisotopic (exact) mass is 469 g/mol. The Kier molecular flexibility index (Phi) is 7.19. The van der Waals surface area contributed by atoms with Crippen molar-refractivity contribution < 1.29 is 14.0 Å². The van der Waals surface area contributed by atoms with Crippen molar-refractivity contribution in [2.45, 2.75) is 19.9 Å². The van der Waals surface area contributed by atoms with E-state index in [0.717, 1.165) is 15.7 Å². The zero-order chi connectivity index (χ0) is 21.5. The van der Waals surface area contributed by atoms with Crippen LogP contribution in [0.1, 0.15) is 34.3 Å². The van der Waals surface area contributed by atoms with Crippen LogP contribution in [-0.4, -0.2) is 18.0 Å². The van der Waals surface area contributed by atoms with Crippen molar-refractivity contribution in [3.63, 3.8) is 0 Å². The Morgan fingerprint density at radius 1 is 1.23 bits per heavy atom. The quantitative estimate of drug-likeness (QED) is 0.480. The number of nitrogens with zero attached hydrogens (tertiary/aromatic N) is 3. The number of aromatic nitrogens is 1. The van der Waals surface area contributed by atoms with Crippen molar-refractivity contribution >= 4 is 33.5 Å². The van der Waals surface area contributed by atoms with Crippen LogP contribution < -0.4 is 15.9 Å². The van der Waals surface area contributed by atoms with Gasteiger partial charge >= 0.3 is 6.01 Å². The molecule has 2 aromatic carbocycles. The molecule has 8 nitrogen and oxygen atoms in total. The van der Waals surface area contributed by atoms with Crippen LogP contribution in [0, 0.1) is 11.3 Å². The summed E-state index contributed by atoms with van der Waals surface area (Å²) in [6.45, 7) is 2.34. The molecule has 0 saturated carbocycles. The summed E-state index contributed by atoms with van der Waals surface area (Å²) >= 11 is 3.44. The Labute approximate surface area is 182 Å². The van der Waals surface area contributed by atoms with E-state index in [1.807, 2.05) is 48.2 Å². The Hall–Kier alpha value is -3.19. The fourth-order valence-corrected chi connectivity index (χ4v) is 3.05. The first-order chi connectivity index (χ1) is 14.5. The van der Waals surface area contributed by atoms with Crippen LogP contribution in [0.4, 0.5) is 11.7 Å². The number of carbonyl (C=O) groups excluding carboxylic acids is 1. The molecule has 1 amide bonds. The van der Waals surface area contributed by atoms with E-state index < -0.39 is 5.91 Å². The molecule has 3 aromatic rings. The van der Waals surface area contributed by atoms with E-state index in [9.17, 15) is 4.79 Å². The molecule has 0 aliphatic carbocycles. The second-order valence-electron chi connectivity index (χ2n) is 6.25. The molecule has 0 aliphatic rings. The highest BCUT2D eigenvalue weighted by Crippen LogP contribution is 2.30. The number of nitrogens with one attached hydrogen (secondary N) is 2. The van der Waals surface area contributed by atoms with Crippen LogP contribution >= 0.6 is 15.9 Å². The van der Waals surface area contributed by atoms with Gasteiger partial charge in [0.1, 0.15) is 5.76 Å². The number of hydrogen-bond donors (Lipinski definition) is 2. The minimum atomic E-state index is -0.466. The van der Waals surface area contributed by atoms with E-state index in [2.05, 4.69) is 42.8 Å². The van der Waals surface area contributed by atoms with Gasteiger partial charge in [0.2, 0.25) is 0 Å². The fraction of sp³-hybridized carbons (Fsp3) is 0.190. The first-order valence-electron chi connectivity index (χ1n) is 9.15. The standard InChI is InChI=1S/C21H20BrN5O3/c1-3-18-19(20(28)25-26-29-2)24-21(30-18)27(13-15-4-8-16(22)9-5-15)17-10-6-14(12-23)7-11-17/h4-11,26H,3,13H2,1-2H3,(H,25,28). The molecule has 0 fully saturated rings. The average molecular weight is 470 g/mol. The molecule has 30 heavy (non-hydrogen) atoms. The molecule has 0 saturated heterocycles. The molecule has 9 heteroatoms. The molecule has 154 valence electrons. The molecule has 0 spiro atoms. The minimum Gasteiger partial charge on any atom is -0.428 e. The lowest BCUT2D eigenvalue weighted by atomic mass is 10.2. The van der Waals surface area contributed by atoms with Gasteiger partial charge in [-0.2, -0.15) is 10.2 Å². The van der Waals surface area contributed by atoms with Gasteiger partial charge in [0.25, 0.3) is 5.91 Å². The van der Waals surface area contributed by atoms with Crippen LogP contribution in [0.5, 0.6) is 0 Å². The van der Waals surface area contributed by atoms with Crippen molar-refractivity contribution in [2.75, 3.05) is 12.0 Å². The van der Waals surface area contributed by atoms with Crippen LogP contribution in [0.15, 0.2) is 57.4 Å². The molecule has 2 N–H and O–H groups in total. The summed E-state index contributed by atoms with van der Waals surface area (Å²) < 4.78 is 6.92. The molecule has 1 heterocycles. The fourth-order valence-electron chi connectivity index (χ4n) is 2.79. The van der Waals surface area contributed by atoms with Gasteiger partial charge < -0.3 is 4.42 Å². The number of hydrazine groups is 1. The summed E-state index contributed by atoms with van der Waals surface area (Å²) in [5.74, 6) is -0.0121. The van der Waals surface area contributed by atoms with E-state index in [1.165, 1.54) is 7.11 Å². The summed E-state index contributed by atoms with van der Waals surface area (Å²) in [6.07, 6.45) is 0.488. The van der Waals surface area contributed by atoms with Gasteiger partial charge in [-0.05, 0) is 42.0 Å². The van der Waals surface area contributed by atoms with Gasteiger partial charge in [-0.25, -0.2) is 0 Å². The van der Waals surface area contributed by atoms with Crippen LogP contribution in [-0.2, 0) is 17.8 Å². The maximum absolute atomic E-state index is 12.4. The first-order valence-corrected chi connectivity index (χ1v) is 9.95. The zero-order valence-corrected chi connectivity index (χ0v) is 18.1. The van der Waals surface area contributed by atoms with Gasteiger partial charge in [-0.1, -0.05) is 35.0 Å². The lowest BCUT2D eigenvalue weighted by Crippen LogP contribution is -2.37. The van der Waals surface area contributed by atoms with E-state index >= 15 is 0 Å². The third kappa shape index (κ3) is 5.04. The van der Waals surface area contributed by atoms with Crippen molar-refractivity contribution in [2.24, 2.45) is 0 Å². The lowest BCUT2D eigenvalue weighted by molar-refractivity contribution is 0.0455. The summed E-state index contributed by atoms with van der Waals surface area (Å²) in [5.41, 5.74) is 7.21. The molecule has 0 unspecified atom stereocenters. The highest BCUT2D eigenvalue weighted by molar-refractivity contribution is 9.10. The molecule has 0 atom stereocenters. The summed E-state index contributed by atoms with van der Waals surface area (Å²) in [4.78, 5) is 23.4. The second kappa shape index (κ2) is 10.0. The van der Waals surface area contributed by atoms with Crippen LogP contribution in [0.25, 0.3) is 0 Å². The SMILES string of the molecule is CCc1oc(N(Cc2ccc(Br)cc2)c2ccc(C#N)cc2)nc1C(=O)NNOC. The van der Waals surface area contributed by atoms with Gasteiger partial charge in [0, 0.05) is 16.6 Å². The molecule has 1 aromatic heterocycles.